The van der Waals surface area contributed by atoms with Gasteiger partial charge in [0, 0.05) is 11.9 Å². The summed E-state index contributed by atoms with van der Waals surface area (Å²) in [5.41, 5.74) is 2.09. The van der Waals surface area contributed by atoms with Gasteiger partial charge in [0.25, 0.3) is 0 Å². The number of carboxylic acid groups (broad SMARTS) is 1. The molecule has 0 unspecified atom stereocenters. The van der Waals surface area contributed by atoms with Crippen LogP contribution in [0.1, 0.15) is 11.3 Å². The van der Waals surface area contributed by atoms with Crippen molar-refractivity contribution in [3.05, 3.63) is 23.5 Å². The van der Waals surface area contributed by atoms with Crippen molar-refractivity contribution in [2.24, 2.45) is 0 Å². The second-order valence-corrected chi connectivity index (χ2v) is 2.68. The molecule has 60 valence electrons. The lowest BCUT2D eigenvalue weighted by Gasteiger charge is -1.99. The molecule has 1 aromatic heterocycles. The highest BCUT2D eigenvalue weighted by atomic mass is 16.4. The zero-order chi connectivity index (χ0) is 8.43. The van der Waals surface area contributed by atoms with Crippen molar-refractivity contribution in [1.29, 1.82) is 0 Å². The molecular weight excluding hydrogens is 142 g/mol. The zero-order valence-corrected chi connectivity index (χ0v) is 6.66. The Bertz CT molecular complexity index is 276. The van der Waals surface area contributed by atoms with Gasteiger partial charge < -0.3 is 9.67 Å². The van der Waals surface area contributed by atoms with Crippen LogP contribution in [-0.4, -0.2) is 15.6 Å². The SMILES string of the molecule is Cc1cc(C)n(CC(=O)O)c1. The first-order chi connectivity index (χ1) is 5.09. The van der Waals surface area contributed by atoms with Gasteiger partial charge in [-0.3, -0.25) is 4.79 Å². The summed E-state index contributed by atoms with van der Waals surface area (Å²) < 4.78 is 1.72. The van der Waals surface area contributed by atoms with E-state index in [0.29, 0.717) is 0 Å². The maximum absolute atomic E-state index is 10.3. The lowest BCUT2D eigenvalue weighted by molar-refractivity contribution is -0.137. The monoisotopic (exact) mass is 153 g/mol. The van der Waals surface area contributed by atoms with Crippen LogP contribution in [0.3, 0.4) is 0 Å². The summed E-state index contributed by atoms with van der Waals surface area (Å²) in [6.07, 6.45) is 1.84. The van der Waals surface area contributed by atoms with Crippen molar-refractivity contribution in [3.63, 3.8) is 0 Å². The molecule has 0 aliphatic rings. The molecule has 1 heterocycles. The molecule has 3 heteroatoms. The van der Waals surface area contributed by atoms with E-state index in [9.17, 15) is 4.79 Å². The Balaban J connectivity index is 2.85. The Morgan fingerprint density at radius 1 is 1.64 bits per heavy atom. The van der Waals surface area contributed by atoms with E-state index in [4.69, 9.17) is 5.11 Å². The van der Waals surface area contributed by atoms with Gasteiger partial charge in [-0.25, -0.2) is 0 Å². The van der Waals surface area contributed by atoms with Crippen LogP contribution in [0, 0.1) is 13.8 Å². The first-order valence-electron chi connectivity index (χ1n) is 3.45. The molecule has 0 amide bonds. The summed E-state index contributed by atoms with van der Waals surface area (Å²) in [5.74, 6) is -0.802. The summed E-state index contributed by atoms with van der Waals surface area (Å²) in [6, 6.07) is 1.96. The van der Waals surface area contributed by atoms with Gasteiger partial charge in [0.15, 0.2) is 0 Å². The minimum Gasteiger partial charge on any atom is -0.480 e. The van der Waals surface area contributed by atoms with E-state index in [1.807, 2.05) is 26.1 Å². The lowest BCUT2D eigenvalue weighted by Crippen LogP contribution is -2.08. The van der Waals surface area contributed by atoms with Crippen molar-refractivity contribution in [3.8, 4) is 0 Å². The smallest absolute Gasteiger partial charge is 0.323 e. The molecule has 0 bridgehead atoms. The van der Waals surface area contributed by atoms with Gasteiger partial charge in [-0.1, -0.05) is 0 Å². The largest absolute Gasteiger partial charge is 0.480 e. The van der Waals surface area contributed by atoms with E-state index in [0.717, 1.165) is 11.3 Å². The number of carbonyl (C=O) groups is 1. The maximum Gasteiger partial charge on any atom is 0.323 e. The summed E-state index contributed by atoms with van der Waals surface area (Å²) in [5, 5.41) is 8.48. The van der Waals surface area contributed by atoms with Gasteiger partial charge >= 0.3 is 5.97 Å². The standard InChI is InChI=1S/C8H11NO2/c1-6-3-7(2)9(4-6)5-8(10)11/h3-4H,5H2,1-2H3,(H,10,11). The lowest BCUT2D eigenvalue weighted by atomic mass is 10.4. The molecule has 11 heavy (non-hydrogen) atoms. The highest BCUT2D eigenvalue weighted by Crippen LogP contribution is 2.05. The normalized spacial score (nSPS) is 10.0. The molecule has 0 saturated carbocycles. The average Bonchev–Trinajstić information content (AvgIpc) is 2.09. The molecule has 0 aliphatic carbocycles. The number of carboxylic acids is 1. The van der Waals surface area contributed by atoms with Crippen LogP contribution >= 0.6 is 0 Å². The third-order valence-corrected chi connectivity index (χ3v) is 1.55. The third kappa shape index (κ3) is 1.83. The van der Waals surface area contributed by atoms with E-state index in [1.165, 1.54) is 0 Å². The number of hydrogen-bond donors (Lipinski definition) is 1. The van der Waals surface area contributed by atoms with Crippen molar-refractivity contribution in [1.82, 2.24) is 4.57 Å². The molecule has 1 rings (SSSR count). The van der Waals surface area contributed by atoms with Crippen molar-refractivity contribution < 1.29 is 9.90 Å². The Kier molecular flexibility index (Phi) is 1.98. The first-order valence-corrected chi connectivity index (χ1v) is 3.45. The summed E-state index contributed by atoms with van der Waals surface area (Å²) in [6.45, 7) is 3.90. The quantitative estimate of drug-likeness (QED) is 0.693. The Morgan fingerprint density at radius 3 is 2.64 bits per heavy atom. The summed E-state index contributed by atoms with van der Waals surface area (Å²) >= 11 is 0. The number of rotatable bonds is 2. The molecule has 0 radical (unpaired) electrons. The highest BCUT2D eigenvalue weighted by molar-refractivity contribution is 5.66. The first kappa shape index (κ1) is 7.85. The van der Waals surface area contributed by atoms with Gasteiger partial charge in [-0.2, -0.15) is 0 Å². The van der Waals surface area contributed by atoms with Gasteiger partial charge in [-0.15, -0.1) is 0 Å². The van der Waals surface area contributed by atoms with Gasteiger partial charge in [0.2, 0.25) is 0 Å². The number of nitrogens with zero attached hydrogens (tertiary/aromatic N) is 1. The summed E-state index contributed by atoms with van der Waals surface area (Å²) in [4.78, 5) is 10.3. The molecule has 0 spiro atoms. The second-order valence-electron chi connectivity index (χ2n) is 2.68. The van der Waals surface area contributed by atoms with E-state index < -0.39 is 5.97 Å². The molecule has 1 aromatic rings. The number of aliphatic carboxylic acids is 1. The molecule has 3 nitrogen and oxygen atoms in total. The topological polar surface area (TPSA) is 42.2 Å². The predicted molar refractivity (Wildman–Crippen MR) is 41.5 cm³/mol. The van der Waals surface area contributed by atoms with E-state index >= 15 is 0 Å². The molecule has 1 N–H and O–H groups in total. The molecule has 0 aromatic carbocycles. The fraction of sp³-hybridized carbons (Fsp3) is 0.375. The molecule has 0 aliphatic heterocycles. The number of hydrogen-bond acceptors (Lipinski definition) is 1. The van der Waals surface area contributed by atoms with Crippen molar-refractivity contribution in [2.45, 2.75) is 20.4 Å². The van der Waals surface area contributed by atoms with Crippen LogP contribution in [0.4, 0.5) is 0 Å². The van der Waals surface area contributed by atoms with E-state index in [1.54, 1.807) is 4.57 Å². The Hall–Kier alpha value is -1.25. The van der Waals surface area contributed by atoms with Crippen molar-refractivity contribution in [2.75, 3.05) is 0 Å². The molecule has 0 saturated heterocycles. The van der Waals surface area contributed by atoms with Crippen LogP contribution in [0.25, 0.3) is 0 Å². The van der Waals surface area contributed by atoms with Crippen LogP contribution in [0.2, 0.25) is 0 Å². The second kappa shape index (κ2) is 2.78. The number of aromatic nitrogens is 1. The average molecular weight is 153 g/mol. The fourth-order valence-corrected chi connectivity index (χ4v) is 1.11. The maximum atomic E-state index is 10.3. The molecule has 0 atom stereocenters. The minimum atomic E-state index is -0.802. The minimum absolute atomic E-state index is 0.0552. The highest BCUT2D eigenvalue weighted by Gasteiger charge is 2.01. The van der Waals surface area contributed by atoms with Gasteiger partial charge in [0.1, 0.15) is 6.54 Å². The van der Waals surface area contributed by atoms with E-state index in [2.05, 4.69) is 0 Å². The summed E-state index contributed by atoms with van der Waals surface area (Å²) in [7, 11) is 0. The van der Waals surface area contributed by atoms with Crippen LogP contribution in [0.5, 0.6) is 0 Å². The zero-order valence-electron chi connectivity index (χ0n) is 6.66. The van der Waals surface area contributed by atoms with Crippen LogP contribution < -0.4 is 0 Å². The third-order valence-electron chi connectivity index (χ3n) is 1.55. The molecular formula is C8H11NO2. The van der Waals surface area contributed by atoms with Crippen LogP contribution in [0.15, 0.2) is 12.3 Å². The van der Waals surface area contributed by atoms with Crippen molar-refractivity contribution >= 4 is 5.97 Å². The molecule has 0 fully saturated rings. The Labute approximate surface area is 65.3 Å². The van der Waals surface area contributed by atoms with Gasteiger partial charge in [-0.05, 0) is 25.5 Å². The Morgan fingerprint density at radius 2 is 2.27 bits per heavy atom. The van der Waals surface area contributed by atoms with Crippen LogP contribution in [-0.2, 0) is 11.3 Å². The predicted octanol–water partition coefficient (Wildman–Crippen LogP) is 1.19. The van der Waals surface area contributed by atoms with Gasteiger partial charge in [0.05, 0.1) is 0 Å². The van der Waals surface area contributed by atoms with E-state index in [-0.39, 0.29) is 6.54 Å². The fourth-order valence-electron chi connectivity index (χ4n) is 1.11. The number of aryl methyl sites for hydroxylation is 2.